The zero-order valence-corrected chi connectivity index (χ0v) is 9.39. The van der Waals surface area contributed by atoms with Crippen molar-refractivity contribution in [3.8, 4) is 0 Å². The SMILES string of the molecule is Cc1c(C(=O)O)nnn1Cc1cc(F)ccc1F. The van der Waals surface area contributed by atoms with Crippen LogP contribution in [0, 0.1) is 18.6 Å². The van der Waals surface area contributed by atoms with Gasteiger partial charge >= 0.3 is 5.97 Å². The minimum atomic E-state index is -1.21. The number of aromatic nitrogens is 3. The van der Waals surface area contributed by atoms with Crippen LogP contribution in [0.1, 0.15) is 21.7 Å². The Bertz CT molecular complexity index is 610. The van der Waals surface area contributed by atoms with E-state index < -0.39 is 17.6 Å². The Kier molecular flexibility index (Phi) is 3.05. The van der Waals surface area contributed by atoms with Crippen LogP contribution < -0.4 is 0 Å². The topological polar surface area (TPSA) is 68.0 Å². The molecule has 0 atom stereocenters. The highest BCUT2D eigenvalue weighted by Crippen LogP contribution is 2.13. The highest BCUT2D eigenvalue weighted by atomic mass is 19.1. The number of nitrogens with zero attached hydrogens (tertiary/aromatic N) is 3. The smallest absolute Gasteiger partial charge is 0.358 e. The van der Waals surface area contributed by atoms with Crippen molar-refractivity contribution >= 4 is 5.97 Å². The first kappa shape index (κ1) is 12.2. The molecule has 0 radical (unpaired) electrons. The lowest BCUT2D eigenvalue weighted by molar-refractivity contribution is 0.0689. The van der Waals surface area contributed by atoms with E-state index in [0.29, 0.717) is 0 Å². The van der Waals surface area contributed by atoms with Crippen molar-refractivity contribution in [3.05, 3.63) is 46.8 Å². The average molecular weight is 253 g/mol. The number of rotatable bonds is 3. The first-order chi connectivity index (χ1) is 8.49. The van der Waals surface area contributed by atoms with Gasteiger partial charge in [-0.05, 0) is 25.1 Å². The van der Waals surface area contributed by atoms with Crippen molar-refractivity contribution in [2.45, 2.75) is 13.5 Å². The number of aromatic carboxylic acids is 1. The molecule has 5 nitrogen and oxygen atoms in total. The summed E-state index contributed by atoms with van der Waals surface area (Å²) in [7, 11) is 0. The molecule has 0 spiro atoms. The molecule has 0 unspecified atom stereocenters. The first-order valence-corrected chi connectivity index (χ1v) is 5.06. The number of hydrogen-bond acceptors (Lipinski definition) is 3. The van der Waals surface area contributed by atoms with Crippen LogP contribution in [0.2, 0.25) is 0 Å². The fourth-order valence-corrected chi connectivity index (χ4v) is 1.53. The predicted molar refractivity (Wildman–Crippen MR) is 57.2 cm³/mol. The van der Waals surface area contributed by atoms with E-state index in [1.807, 2.05) is 0 Å². The van der Waals surface area contributed by atoms with Crippen LogP contribution in [0.15, 0.2) is 18.2 Å². The molecule has 2 rings (SSSR count). The second kappa shape index (κ2) is 4.52. The third-order valence-electron chi connectivity index (χ3n) is 2.51. The summed E-state index contributed by atoms with van der Waals surface area (Å²) < 4.78 is 27.6. The Labute approximate surface area is 101 Å². The van der Waals surface area contributed by atoms with Gasteiger partial charge in [-0.2, -0.15) is 0 Å². The third kappa shape index (κ3) is 2.20. The Morgan fingerprint density at radius 1 is 1.44 bits per heavy atom. The van der Waals surface area contributed by atoms with Gasteiger partial charge in [0.25, 0.3) is 0 Å². The van der Waals surface area contributed by atoms with Crippen molar-refractivity contribution in [3.63, 3.8) is 0 Å². The lowest BCUT2D eigenvalue weighted by atomic mass is 10.2. The molecule has 0 aliphatic heterocycles. The lowest BCUT2D eigenvalue weighted by Crippen LogP contribution is -2.07. The summed E-state index contributed by atoms with van der Waals surface area (Å²) >= 11 is 0. The number of benzene rings is 1. The zero-order chi connectivity index (χ0) is 13.3. The molecule has 0 saturated carbocycles. The number of carboxylic acid groups (broad SMARTS) is 1. The summed E-state index contributed by atoms with van der Waals surface area (Å²) in [5.74, 6) is -2.36. The molecule has 7 heteroatoms. The largest absolute Gasteiger partial charge is 0.476 e. The van der Waals surface area contributed by atoms with E-state index in [1.165, 1.54) is 11.6 Å². The van der Waals surface area contributed by atoms with Gasteiger partial charge in [0, 0.05) is 5.56 Å². The summed E-state index contributed by atoms with van der Waals surface area (Å²) in [6.07, 6.45) is 0. The Morgan fingerprint density at radius 3 is 2.78 bits per heavy atom. The maximum absolute atomic E-state index is 13.4. The zero-order valence-electron chi connectivity index (χ0n) is 9.39. The fraction of sp³-hybridized carbons (Fsp3) is 0.182. The second-order valence-electron chi connectivity index (χ2n) is 3.72. The van der Waals surface area contributed by atoms with Gasteiger partial charge in [0.2, 0.25) is 0 Å². The fourth-order valence-electron chi connectivity index (χ4n) is 1.53. The molecule has 0 aliphatic rings. The molecule has 0 bridgehead atoms. The van der Waals surface area contributed by atoms with Crippen LogP contribution in [0.25, 0.3) is 0 Å². The maximum Gasteiger partial charge on any atom is 0.358 e. The van der Waals surface area contributed by atoms with Gasteiger partial charge in [-0.3, -0.25) is 0 Å². The maximum atomic E-state index is 13.4. The molecular formula is C11H9F2N3O2. The molecule has 1 heterocycles. The van der Waals surface area contributed by atoms with E-state index in [-0.39, 0.29) is 23.5 Å². The molecule has 1 N–H and O–H groups in total. The van der Waals surface area contributed by atoms with Gasteiger partial charge in [0.1, 0.15) is 11.6 Å². The van der Waals surface area contributed by atoms with Gasteiger partial charge in [0.05, 0.1) is 12.2 Å². The molecule has 1 aromatic heterocycles. The van der Waals surface area contributed by atoms with Crippen LogP contribution in [-0.2, 0) is 6.54 Å². The highest BCUT2D eigenvalue weighted by Gasteiger charge is 2.16. The molecular weight excluding hydrogens is 244 g/mol. The van der Waals surface area contributed by atoms with E-state index in [1.54, 1.807) is 0 Å². The normalized spacial score (nSPS) is 10.6. The van der Waals surface area contributed by atoms with Crippen LogP contribution >= 0.6 is 0 Å². The minimum Gasteiger partial charge on any atom is -0.476 e. The molecule has 0 aliphatic carbocycles. The molecule has 1 aromatic carbocycles. The molecule has 0 saturated heterocycles. The van der Waals surface area contributed by atoms with Crippen molar-refractivity contribution < 1.29 is 18.7 Å². The van der Waals surface area contributed by atoms with Crippen LogP contribution in [0.5, 0.6) is 0 Å². The van der Waals surface area contributed by atoms with Crippen LogP contribution in [-0.4, -0.2) is 26.1 Å². The molecule has 0 amide bonds. The quantitative estimate of drug-likeness (QED) is 0.902. The number of hydrogen-bond donors (Lipinski definition) is 1. The summed E-state index contributed by atoms with van der Waals surface area (Å²) in [5, 5.41) is 15.9. The summed E-state index contributed by atoms with van der Waals surface area (Å²) in [4.78, 5) is 10.8. The van der Waals surface area contributed by atoms with Crippen LogP contribution in [0.4, 0.5) is 8.78 Å². The molecule has 18 heavy (non-hydrogen) atoms. The van der Waals surface area contributed by atoms with Crippen molar-refractivity contribution in [2.24, 2.45) is 0 Å². The molecule has 94 valence electrons. The number of halogens is 2. The summed E-state index contributed by atoms with van der Waals surface area (Å²) in [5.41, 5.74) is 0.165. The number of carbonyl (C=O) groups is 1. The van der Waals surface area contributed by atoms with E-state index in [2.05, 4.69) is 10.3 Å². The average Bonchev–Trinajstić information content (AvgIpc) is 2.66. The first-order valence-electron chi connectivity index (χ1n) is 5.06. The molecule has 2 aromatic rings. The Morgan fingerprint density at radius 2 is 2.17 bits per heavy atom. The third-order valence-corrected chi connectivity index (χ3v) is 2.51. The van der Waals surface area contributed by atoms with Crippen molar-refractivity contribution in [2.75, 3.05) is 0 Å². The van der Waals surface area contributed by atoms with Gasteiger partial charge in [0.15, 0.2) is 5.69 Å². The Balaban J connectivity index is 2.34. The van der Waals surface area contributed by atoms with Crippen molar-refractivity contribution in [1.82, 2.24) is 15.0 Å². The summed E-state index contributed by atoms with van der Waals surface area (Å²) in [6.45, 7) is 1.43. The minimum absolute atomic E-state index is 0.0737. The van der Waals surface area contributed by atoms with E-state index in [0.717, 1.165) is 18.2 Å². The second-order valence-corrected chi connectivity index (χ2v) is 3.72. The number of carboxylic acids is 1. The Hall–Kier alpha value is -2.31. The monoisotopic (exact) mass is 253 g/mol. The lowest BCUT2D eigenvalue weighted by Gasteiger charge is -2.05. The highest BCUT2D eigenvalue weighted by molar-refractivity contribution is 5.86. The molecule has 0 fully saturated rings. The van der Waals surface area contributed by atoms with E-state index in [4.69, 9.17) is 5.11 Å². The van der Waals surface area contributed by atoms with Gasteiger partial charge in [-0.1, -0.05) is 5.21 Å². The van der Waals surface area contributed by atoms with Gasteiger partial charge < -0.3 is 5.11 Å². The van der Waals surface area contributed by atoms with Crippen LogP contribution in [0.3, 0.4) is 0 Å². The predicted octanol–water partition coefficient (Wildman–Crippen LogP) is 1.61. The van der Waals surface area contributed by atoms with E-state index in [9.17, 15) is 13.6 Å². The van der Waals surface area contributed by atoms with Crippen molar-refractivity contribution in [1.29, 1.82) is 0 Å². The van der Waals surface area contributed by atoms with Gasteiger partial charge in [-0.25, -0.2) is 18.3 Å². The summed E-state index contributed by atoms with van der Waals surface area (Å²) in [6, 6.07) is 3.06. The standard InChI is InChI=1S/C11H9F2N3O2/c1-6-10(11(17)18)14-15-16(6)5-7-4-8(12)2-3-9(7)13/h2-4H,5H2,1H3,(H,17,18). The van der Waals surface area contributed by atoms with E-state index >= 15 is 0 Å². The van der Waals surface area contributed by atoms with Gasteiger partial charge in [-0.15, -0.1) is 5.10 Å².